The summed E-state index contributed by atoms with van der Waals surface area (Å²) in [6.07, 6.45) is 9.63. The van der Waals surface area contributed by atoms with Gasteiger partial charge in [-0.1, -0.05) is 26.2 Å². The van der Waals surface area contributed by atoms with Gasteiger partial charge in [0.1, 0.15) is 22.4 Å². The van der Waals surface area contributed by atoms with Crippen molar-refractivity contribution in [3.8, 4) is 0 Å². The van der Waals surface area contributed by atoms with Gasteiger partial charge in [-0.05, 0) is 31.4 Å². The molecule has 0 spiro atoms. The van der Waals surface area contributed by atoms with Crippen LogP contribution < -0.4 is 5.73 Å². The van der Waals surface area contributed by atoms with Gasteiger partial charge in [0.15, 0.2) is 5.82 Å². The van der Waals surface area contributed by atoms with Crippen molar-refractivity contribution in [2.75, 3.05) is 12.8 Å². The highest BCUT2D eigenvalue weighted by molar-refractivity contribution is 6.04. The number of pyridine rings is 2. The lowest BCUT2D eigenvalue weighted by atomic mass is 9.84. The fourth-order valence-corrected chi connectivity index (χ4v) is 4.27. The lowest BCUT2D eigenvalue weighted by molar-refractivity contribution is -0.0515. The quantitative estimate of drug-likeness (QED) is 0.753. The van der Waals surface area contributed by atoms with Crippen molar-refractivity contribution >= 4 is 27.9 Å². The number of aromatic nitrogens is 4. The summed E-state index contributed by atoms with van der Waals surface area (Å²) in [7, 11) is 1.84. The van der Waals surface area contributed by atoms with Crippen molar-refractivity contribution in [3.63, 3.8) is 0 Å². The normalized spacial score (nSPS) is 17.2. The Hall–Kier alpha value is -2.21. The SMILES string of the molecule is CCCc1nc2c(N)nc3cccnc3c2n1CC1(OC)CCCCC1. The molecule has 1 aliphatic carbocycles. The molecule has 1 saturated carbocycles. The van der Waals surface area contributed by atoms with Crippen LogP contribution in [0.3, 0.4) is 0 Å². The average molecular weight is 353 g/mol. The van der Waals surface area contributed by atoms with Crippen LogP contribution in [-0.4, -0.2) is 32.2 Å². The van der Waals surface area contributed by atoms with Gasteiger partial charge in [-0.15, -0.1) is 0 Å². The average Bonchev–Trinajstić information content (AvgIpc) is 3.02. The Morgan fingerprint density at radius 1 is 1.19 bits per heavy atom. The van der Waals surface area contributed by atoms with E-state index in [4.69, 9.17) is 15.5 Å². The Kier molecular flexibility index (Phi) is 4.53. The Labute approximate surface area is 153 Å². The Morgan fingerprint density at radius 3 is 2.73 bits per heavy atom. The molecule has 0 atom stereocenters. The molecule has 1 aliphatic rings. The minimum atomic E-state index is -0.131. The molecule has 0 aromatic carbocycles. The molecule has 0 aliphatic heterocycles. The molecule has 3 aromatic rings. The molecule has 0 bridgehead atoms. The molecular weight excluding hydrogens is 326 g/mol. The molecule has 0 amide bonds. The van der Waals surface area contributed by atoms with Crippen LogP contribution in [-0.2, 0) is 17.7 Å². The van der Waals surface area contributed by atoms with Crippen LogP contribution in [0, 0.1) is 0 Å². The number of nitrogen functional groups attached to an aromatic ring is 1. The van der Waals surface area contributed by atoms with E-state index in [2.05, 4.69) is 21.5 Å². The van der Waals surface area contributed by atoms with Gasteiger partial charge in [-0.2, -0.15) is 0 Å². The van der Waals surface area contributed by atoms with Crippen molar-refractivity contribution in [1.29, 1.82) is 0 Å². The number of anilines is 1. The number of nitrogens with zero attached hydrogens (tertiary/aromatic N) is 4. The number of ether oxygens (including phenoxy) is 1. The zero-order valence-corrected chi connectivity index (χ0v) is 15.7. The maximum Gasteiger partial charge on any atom is 0.152 e. The molecule has 3 aromatic heterocycles. The molecule has 4 rings (SSSR count). The fourth-order valence-electron chi connectivity index (χ4n) is 4.27. The number of rotatable bonds is 5. The van der Waals surface area contributed by atoms with Crippen molar-refractivity contribution in [3.05, 3.63) is 24.2 Å². The summed E-state index contributed by atoms with van der Waals surface area (Å²) in [6.45, 7) is 2.97. The number of aryl methyl sites for hydroxylation is 1. The second kappa shape index (κ2) is 6.83. The molecule has 3 heterocycles. The van der Waals surface area contributed by atoms with Crippen LogP contribution in [0.2, 0.25) is 0 Å². The van der Waals surface area contributed by atoms with Gasteiger partial charge in [-0.25, -0.2) is 9.97 Å². The molecule has 138 valence electrons. The third kappa shape index (κ3) is 2.82. The highest BCUT2D eigenvalue weighted by Crippen LogP contribution is 2.36. The zero-order valence-electron chi connectivity index (χ0n) is 15.7. The van der Waals surface area contributed by atoms with Gasteiger partial charge >= 0.3 is 0 Å². The van der Waals surface area contributed by atoms with E-state index >= 15 is 0 Å². The van der Waals surface area contributed by atoms with Gasteiger partial charge in [-0.3, -0.25) is 4.98 Å². The van der Waals surface area contributed by atoms with Crippen molar-refractivity contribution in [2.24, 2.45) is 0 Å². The number of methoxy groups -OCH3 is 1. The summed E-state index contributed by atoms with van der Waals surface area (Å²) < 4.78 is 8.37. The maximum absolute atomic E-state index is 6.25. The minimum absolute atomic E-state index is 0.131. The molecule has 6 heteroatoms. The Morgan fingerprint density at radius 2 is 2.00 bits per heavy atom. The minimum Gasteiger partial charge on any atom is -0.382 e. The predicted octanol–water partition coefficient (Wildman–Crippen LogP) is 3.86. The standard InChI is InChI=1S/C20H27N5O/c1-3-8-15-24-17-18(16-14(23-19(17)21)9-7-12-22-16)25(15)13-20(26-2)10-5-4-6-11-20/h7,9,12H,3-6,8,10-11,13H2,1-2H3,(H2,21,23). The summed E-state index contributed by atoms with van der Waals surface area (Å²) in [5, 5.41) is 0. The predicted molar refractivity (Wildman–Crippen MR) is 104 cm³/mol. The second-order valence-corrected chi connectivity index (χ2v) is 7.38. The Balaban J connectivity index is 1.94. The number of imidazole rings is 1. The first kappa shape index (κ1) is 17.2. The van der Waals surface area contributed by atoms with E-state index in [0.717, 1.165) is 60.1 Å². The van der Waals surface area contributed by atoms with Gasteiger partial charge in [0.25, 0.3) is 0 Å². The fraction of sp³-hybridized carbons (Fsp3) is 0.550. The van der Waals surface area contributed by atoms with Crippen LogP contribution >= 0.6 is 0 Å². The van der Waals surface area contributed by atoms with E-state index in [9.17, 15) is 0 Å². The lowest BCUT2D eigenvalue weighted by Crippen LogP contribution is -2.39. The molecule has 0 unspecified atom stereocenters. The monoisotopic (exact) mass is 353 g/mol. The third-order valence-corrected chi connectivity index (χ3v) is 5.66. The first-order chi connectivity index (χ1) is 12.7. The largest absolute Gasteiger partial charge is 0.382 e. The number of hydrogen-bond acceptors (Lipinski definition) is 5. The van der Waals surface area contributed by atoms with E-state index < -0.39 is 0 Å². The van der Waals surface area contributed by atoms with Crippen LogP contribution in [0.5, 0.6) is 0 Å². The molecule has 2 N–H and O–H groups in total. The van der Waals surface area contributed by atoms with Crippen LogP contribution in [0.4, 0.5) is 5.82 Å². The van der Waals surface area contributed by atoms with Gasteiger partial charge in [0.2, 0.25) is 0 Å². The highest BCUT2D eigenvalue weighted by Gasteiger charge is 2.34. The zero-order chi connectivity index (χ0) is 18.1. The molecular formula is C20H27N5O. The maximum atomic E-state index is 6.25. The lowest BCUT2D eigenvalue weighted by Gasteiger charge is -2.36. The number of fused-ring (bicyclic) bond motifs is 3. The van der Waals surface area contributed by atoms with Crippen molar-refractivity contribution < 1.29 is 4.74 Å². The van der Waals surface area contributed by atoms with E-state index in [1.54, 1.807) is 0 Å². The molecule has 26 heavy (non-hydrogen) atoms. The number of hydrogen-bond donors (Lipinski definition) is 1. The van der Waals surface area contributed by atoms with Crippen LogP contribution in [0.25, 0.3) is 22.1 Å². The summed E-state index contributed by atoms with van der Waals surface area (Å²) in [4.78, 5) is 14.0. The van der Waals surface area contributed by atoms with Crippen molar-refractivity contribution in [1.82, 2.24) is 19.5 Å². The van der Waals surface area contributed by atoms with E-state index in [1.807, 2.05) is 25.4 Å². The Bertz CT molecular complexity index is 927. The highest BCUT2D eigenvalue weighted by atomic mass is 16.5. The third-order valence-electron chi connectivity index (χ3n) is 5.66. The van der Waals surface area contributed by atoms with E-state index in [0.29, 0.717) is 5.82 Å². The van der Waals surface area contributed by atoms with E-state index in [1.165, 1.54) is 19.3 Å². The number of nitrogens with two attached hydrogens (primary N) is 1. The van der Waals surface area contributed by atoms with Gasteiger partial charge < -0.3 is 15.0 Å². The topological polar surface area (TPSA) is 78.9 Å². The molecule has 1 fully saturated rings. The smallest absolute Gasteiger partial charge is 0.152 e. The molecule has 0 radical (unpaired) electrons. The summed E-state index contributed by atoms with van der Waals surface area (Å²) in [5.74, 6) is 1.53. The van der Waals surface area contributed by atoms with Gasteiger partial charge in [0, 0.05) is 19.7 Å². The van der Waals surface area contributed by atoms with Gasteiger partial charge in [0.05, 0.1) is 17.7 Å². The molecule has 6 nitrogen and oxygen atoms in total. The molecule has 0 saturated heterocycles. The van der Waals surface area contributed by atoms with Crippen LogP contribution in [0.1, 0.15) is 51.3 Å². The van der Waals surface area contributed by atoms with Crippen molar-refractivity contribution in [2.45, 2.75) is 64.0 Å². The first-order valence-corrected chi connectivity index (χ1v) is 9.62. The second-order valence-electron chi connectivity index (χ2n) is 7.38. The van der Waals surface area contributed by atoms with E-state index in [-0.39, 0.29) is 5.60 Å². The summed E-state index contributed by atoms with van der Waals surface area (Å²) in [6, 6.07) is 3.85. The van der Waals surface area contributed by atoms with Crippen LogP contribution in [0.15, 0.2) is 18.3 Å². The summed E-state index contributed by atoms with van der Waals surface area (Å²) >= 11 is 0. The summed E-state index contributed by atoms with van der Waals surface area (Å²) in [5.41, 5.74) is 9.57. The first-order valence-electron chi connectivity index (χ1n) is 9.62.